The molecule has 3 saturated heterocycles. The highest BCUT2D eigenvalue weighted by Gasteiger charge is 2.48. The first-order chi connectivity index (χ1) is 10.8. The molecule has 0 N–H and O–H groups in total. The van der Waals surface area contributed by atoms with Crippen molar-refractivity contribution in [2.24, 2.45) is 11.8 Å². The van der Waals surface area contributed by atoms with Gasteiger partial charge in [0.05, 0.1) is 31.8 Å². The monoisotopic (exact) mass is 303 g/mol. The molecule has 3 aliphatic rings. The van der Waals surface area contributed by atoms with Gasteiger partial charge in [-0.2, -0.15) is 0 Å². The molecule has 3 aliphatic heterocycles. The van der Waals surface area contributed by atoms with E-state index < -0.39 is 0 Å². The van der Waals surface area contributed by atoms with Gasteiger partial charge in [0, 0.05) is 37.9 Å². The number of ether oxygens (including phenoxy) is 1. The fourth-order valence-corrected chi connectivity index (χ4v) is 3.73. The van der Waals surface area contributed by atoms with Gasteiger partial charge in [0.2, 0.25) is 0 Å². The van der Waals surface area contributed by atoms with Gasteiger partial charge in [-0.05, 0) is 24.1 Å². The lowest BCUT2D eigenvalue weighted by atomic mass is 9.92. The van der Waals surface area contributed by atoms with E-state index in [2.05, 4.69) is 9.88 Å². The lowest BCUT2D eigenvalue weighted by Gasteiger charge is -2.22. The van der Waals surface area contributed by atoms with Crippen molar-refractivity contribution in [2.45, 2.75) is 19.1 Å². The van der Waals surface area contributed by atoms with E-state index in [0.717, 1.165) is 26.1 Å². The van der Waals surface area contributed by atoms with Crippen LogP contribution in [0.3, 0.4) is 0 Å². The summed E-state index contributed by atoms with van der Waals surface area (Å²) in [5, 5.41) is 1.54. The second-order valence-corrected chi connectivity index (χ2v) is 6.32. The summed E-state index contributed by atoms with van der Waals surface area (Å²) >= 11 is 0. The number of rotatable bonds is 3. The summed E-state index contributed by atoms with van der Waals surface area (Å²) in [7, 11) is 0. The maximum absolute atomic E-state index is 12.5. The largest absolute Gasteiger partial charge is 0.376 e. The van der Waals surface area contributed by atoms with Crippen molar-refractivity contribution < 1.29 is 14.4 Å². The fraction of sp³-hybridized carbons (Fsp3) is 0.625. The number of hydroxylamine groups is 2. The average molecular weight is 303 g/mol. The minimum absolute atomic E-state index is 0.0504. The van der Waals surface area contributed by atoms with Crippen molar-refractivity contribution in [3.05, 3.63) is 30.1 Å². The highest BCUT2D eigenvalue weighted by Crippen LogP contribution is 2.35. The predicted molar refractivity (Wildman–Crippen MR) is 78.5 cm³/mol. The van der Waals surface area contributed by atoms with E-state index in [0.29, 0.717) is 25.7 Å². The number of carbonyl (C=O) groups excluding carboxylic acids is 1. The number of amides is 1. The van der Waals surface area contributed by atoms with Gasteiger partial charge in [-0.25, -0.2) is 5.06 Å². The van der Waals surface area contributed by atoms with Gasteiger partial charge in [-0.3, -0.25) is 19.5 Å². The Morgan fingerprint density at radius 1 is 1.32 bits per heavy atom. The summed E-state index contributed by atoms with van der Waals surface area (Å²) in [5.74, 6) is 0.347. The molecule has 6 heteroatoms. The molecule has 0 bridgehead atoms. The normalized spacial score (nSPS) is 31.6. The standard InChI is InChI=1S/C16H21N3O3/c20-16(19-6-1-7-22-19)14-11-21-15-10-18(9-13(14)15)8-12-2-4-17-5-3-12/h2-5,13-15H,1,6-11H2/t13-,14+,15-/m0/s1. The molecule has 0 unspecified atom stereocenters. The summed E-state index contributed by atoms with van der Waals surface area (Å²) in [4.78, 5) is 24.4. The molecular formula is C16H21N3O3. The fourth-order valence-electron chi connectivity index (χ4n) is 3.73. The molecule has 1 aromatic heterocycles. The summed E-state index contributed by atoms with van der Waals surface area (Å²) < 4.78 is 5.88. The summed E-state index contributed by atoms with van der Waals surface area (Å²) in [6.07, 6.45) is 4.75. The molecule has 22 heavy (non-hydrogen) atoms. The van der Waals surface area contributed by atoms with E-state index in [4.69, 9.17) is 9.57 Å². The lowest BCUT2D eigenvalue weighted by molar-refractivity contribution is -0.174. The molecule has 0 spiro atoms. The second kappa shape index (κ2) is 5.95. The summed E-state index contributed by atoms with van der Waals surface area (Å²) in [6.45, 7) is 4.61. The van der Waals surface area contributed by atoms with Crippen LogP contribution in [0.4, 0.5) is 0 Å². The summed E-state index contributed by atoms with van der Waals surface area (Å²) in [6, 6.07) is 4.07. The molecule has 0 aliphatic carbocycles. The number of hydrogen-bond acceptors (Lipinski definition) is 5. The van der Waals surface area contributed by atoms with Gasteiger partial charge in [0.1, 0.15) is 0 Å². The zero-order valence-electron chi connectivity index (χ0n) is 12.6. The van der Waals surface area contributed by atoms with Crippen LogP contribution in [0.15, 0.2) is 24.5 Å². The van der Waals surface area contributed by atoms with Gasteiger partial charge in [-0.15, -0.1) is 0 Å². The van der Waals surface area contributed by atoms with Crippen molar-refractivity contribution in [1.29, 1.82) is 0 Å². The third-order valence-corrected chi connectivity index (χ3v) is 4.86. The van der Waals surface area contributed by atoms with Gasteiger partial charge in [0.15, 0.2) is 0 Å². The zero-order valence-corrected chi connectivity index (χ0v) is 12.6. The minimum atomic E-state index is -0.0504. The highest BCUT2D eigenvalue weighted by molar-refractivity contribution is 5.79. The molecule has 118 valence electrons. The van der Waals surface area contributed by atoms with Crippen LogP contribution in [-0.4, -0.2) is 59.8 Å². The van der Waals surface area contributed by atoms with Crippen LogP contribution in [0.1, 0.15) is 12.0 Å². The molecule has 4 rings (SSSR count). The number of carbonyl (C=O) groups is 1. The Balaban J connectivity index is 1.39. The number of aromatic nitrogens is 1. The minimum Gasteiger partial charge on any atom is -0.376 e. The molecule has 1 aromatic rings. The molecule has 0 aromatic carbocycles. The third-order valence-electron chi connectivity index (χ3n) is 4.86. The van der Waals surface area contributed by atoms with E-state index in [1.165, 1.54) is 5.56 Å². The van der Waals surface area contributed by atoms with Crippen LogP contribution in [0.25, 0.3) is 0 Å². The van der Waals surface area contributed by atoms with Crippen molar-refractivity contribution in [2.75, 3.05) is 32.8 Å². The highest BCUT2D eigenvalue weighted by atomic mass is 16.7. The van der Waals surface area contributed by atoms with Gasteiger partial charge < -0.3 is 4.74 Å². The van der Waals surface area contributed by atoms with Gasteiger partial charge in [0.25, 0.3) is 5.91 Å². The van der Waals surface area contributed by atoms with E-state index in [9.17, 15) is 4.79 Å². The van der Waals surface area contributed by atoms with Gasteiger partial charge in [-0.1, -0.05) is 0 Å². The smallest absolute Gasteiger partial charge is 0.251 e. The van der Waals surface area contributed by atoms with Crippen LogP contribution in [0, 0.1) is 11.8 Å². The third kappa shape index (κ3) is 2.62. The van der Waals surface area contributed by atoms with E-state index in [-0.39, 0.29) is 17.9 Å². The Hall–Kier alpha value is -1.50. The topological polar surface area (TPSA) is 54.9 Å². The number of hydrogen-bond donors (Lipinski definition) is 0. The molecule has 1 amide bonds. The van der Waals surface area contributed by atoms with Crippen LogP contribution >= 0.6 is 0 Å². The molecule has 3 fully saturated rings. The Morgan fingerprint density at radius 3 is 2.95 bits per heavy atom. The maximum Gasteiger partial charge on any atom is 0.251 e. The second-order valence-electron chi connectivity index (χ2n) is 6.32. The maximum atomic E-state index is 12.5. The molecule has 3 atom stereocenters. The van der Waals surface area contributed by atoms with E-state index >= 15 is 0 Å². The van der Waals surface area contributed by atoms with Crippen LogP contribution in [0.5, 0.6) is 0 Å². The zero-order chi connectivity index (χ0) is 14.9. The quantitative estimate of drug-likeness (QED) is 0.822. The number of pyridine rings is 1. The predicted octanol–water partition coefficient (Wildman–Crippen LogP) is 0.692. The van der Waals surface area contributed by atoms with E-state index in [1.807, 2.05) is 24.5 Å². The SMILES string of the molecule is O=C([C@@H]1CO[C@H]2CN(Cc3ccncc3)C[C@H]21)N1CCCO1. The number of fused-ring (bicyclic) bond motifs is 1. The molecule has 0 saturated carbocycles. The summed E-state index contributed by atoms with van der Waals surface area (Å²) in [5.41, 5.74) is 1.25. The number of likely N-dealkylation sites (tertiary alicyclic amines) is 1. The van der Waals surface area contributed by atoms with Crippen LogP contribution < -0.4 is 0 Å². The molecule has 6 nitrogen and oxygen atoms in total. The number of nitrogens with zero attached hydrogens (tertiary/aromatic N) is 3. The van der Waals surface area contributed by atoms with Crippen molar-refractivity contribution in [3.8, 4) is 0 Å². The van der Waals surface area contributed by atoms with Crippen LogP contribution in [-0.2, 0) is 20.9 Å². The van der Waals surface area contributed by atoms with Crippen molar-refractivity contribution in [1.82, 2.24) is 14.9 Å². The van der Waals surface area contributed by atoms with Crippen molar-refractivity contribution in [3.63, 3.8) is 0 Å². The molecular weight excluding hydrogens is 282 g/mol. The van der Waals surface area contributed by atoms with E-state index in [1.54, 1.807) is 5.06 Å². The lowest BCUT2D eigenvalue weighted by Crippen LogP contribution is -2.38. The Bertz CT molecular complexity index is 533. The Kier molecular flexibility index (Phi) is 3.82. The first kappa shape index (κ1) is 14.1. The Morgan fingerprint density at radius 2 is 2.18 bits per heavy atom. The first-order valence-electron chi connectivity index (χ1n) is 7.98. The average Bonchev–Trinajstić information content (AvgIpc) is 3.24. The molecule has 4 heterocycles. The van der Waals surface area contributed by atoms with Gasteiger partial charge >= 0.3 is 0 Å². The van der Waals surface area contributed by atoms with Crippen molar-refractivity contribution >= 4 is 5.91 Å². The van der Waals surface area contributed by atoms with Crippen LogP contribution in [0.2, 0.25) is 0 Å². The molecule has 0 radical (unpaired) electrons. The first-order valence-corrected chi connectivity index (χ1v) is 7.98. The Labute approximate surface area is 130 Å².